The Morgan fingerprint density at radius 3 is 2.39 bits per heavy atom. The lowest BCUT2D eigenvalue weighted by Gasteiger charge is -2.26. The first kappa shape index (κ1) is 14.8. The largest absolute Gasteiger partial charge is 0.464 e. The zero-order valence-corrected chi connectivity index (χ0v) is 10.8. The molecule has 18 heavy (non-hydrogen) atoms. The van der Waals surface area contributed by atoms with Gasteiger partial charge in [0.2, 0.25) is 5.91 Å². The summed E-state index contributed by atoms with van der Waals surface area (Å²) in [5, 5.41) is 9.32. The average Bonchev–Trinajstić information content (AvgIpc) is 2.38. The second-order valence-corrected chi connectivity index (χ2v) is 4.73. The number of hydrazine groups is 1. The summed E-state index contributed by atoms with van der Waals surface area (Å²) in [7, 11) is 0. The Hall–Kier alpha value is -1.30. The number of piperidine rings is 1. The van der Waals surface area contributed by atoms with Crippen molar-refractivity contribution in [2.45, 2.75) is 44.9 Å². The van der Waals surface area contributed by atoms with E-state index < -0.39 is 6.09 Å². The minimum absolute atomic E-state index is 0.234. The third kappa shape index (κ3) is 5.35. The summed E-state index contributed by atoms with van der Waals surface area (Å²) in [6.07, 6.45) is 5.26. The maximum Gasteiger partial charge on any atom is 0.421 e. The Morgan fingerprint density at radius 1 is 1.11 bits per heavy atom. The second kappa shape index (κ2) is 7.92. The molecule has 1 saturated heterocycles. The Kier molecular flexibility index (Phi) is 6.49. The lowest BCUT2D eigenvalue weighted by Crippen LogP contribution is -2.37. The van der Waals surface area contributed by atoms with Crippen LogP contribution >= 0.6 is 0 Å². The summed E-state index contributed by atoms with van der Waals surface area (Å²) in [5.74, 6) is 5.47. The highest BCUT2D eigenvalue weighted by atomic mass is 16.4. The van der Waals surface area contributed by atoms with Crippen LogP contribution in [0.5, 0.6) is 0 Å². The van der Waals surface area contributed by atoms with Gasteiger partial charge in [-0.25, -0.2) is 15.6 Å². The van der Waals surface area contributed by atoms with E-state index in [0.29, 0.717) is 19.4 Å². The van der Waals surface area contributed by atoms with Crippen molar-refractivity contribution >= 4 is 12.0 Å². The van der Waals surface area contributed by atoms with Gasteiger partial charge in [0.1, 0.15) is 0 Å². The van der Waals surface area contributed by atoms with Crippen LogP contribution in [0.4, 0.5) is 4.79 Å². The highest BCUT2D eigenvalue weighted by Gasteiger charge is 2.15. The molecule has 1 aliphatic heterocycles. The Balaban J connectivity index is 2.03. The maximum absolute atomic E-state index is 11.8. The third-order valence-corrected chi connectivity index (χ3v) is 3.24. The standard InChI is InChI=1S/C12H23N3O3/c13-15(12(17)18)10-6-1-3-7-11(16)14-8-4-2-5-9-14/h1-10,13H2,(H,17,18). The van der Waals surface area contributed by atoms with Crippen molar-refractivity contribution in [3.63, 3.8) is 0 Å². The van der Waals surface area contributed by atoms with E-state index in [9.17, 15) is 9.59 Å². The molecule has 3 N–H and O–H groups in total. The Bertz CT molecular complexity index is 278. The Morgan fingerprint density at radius 2 is 1.78 bits per heavy atom. The molecule has 0 aromatic heterocycles. The lowest BCUT2D eigenvalue weighted by molar-refractivity contribution is -0.132. The van der Waals surface area contributed by atoms with Gasteiger partial charge in [-0.1, -0.05) is 6.42 Å². The first-order valence-electron chi connectivity index (χ1n) is 6.64. The van der Waals surface area contributed by atoms with Crippen LogP contribution in [0.3, 0.4) is 0 Å². The highest BCUT2D eigenvalue weighted by molar-refractivity contribution is 5.76. The van der Waals surface area contributed by atoms with Crippen LogP contribution < -0.4 is 5.84 Å². The van der Waals surface area contributed by atoms with E-state index in [1.54, 1.807) is 0 Å². The van der Waals surface area contributed by atoms with Gasteiger partial charge in [-0.3, -0.25) is 4.79 Å². The molecular weight excluding hydrogens is 234 g/mol. The molecule has 0 aromatic rings. The second-order valence-electron chi connectivity index (χ2n) is 4.73. The predicted octanol–water partition coefficient (Wildman–Crippen LogP) is 1.41. The van der Waals surface area contributed by atoms with Crippen LogP contribution in [0.25, 0.3) is 0 Å². The van der Waals surface area contributed by atoms with E-state index in [-0.39, 0.29) is 5.91 Å². The zero-order chi connectivity index (χ0) is 13.4. The summed E-state index contributed by atoms with van der Waals surface area (Å²) in [6.45, 7) is 2.12. The maximum atomic E-state index is 11.8. The van der Waals surface area contributed by atoms with E-state index in [4.69, 9.17) is 10.9 Å². The number of carbonyl (C=O) groups is 2. The SMILES string of the molecule is NN(CCCCCC(=O)N1CCCCC1)C(=O)O. The summed E-state index contributed by atoms with van der Waals surface area (Å²) in [6, 6.07) is 0. The van der Waals surface area contributed by atoms with Gasteiger partial charge in [-0.05, 0) is 32.1 Å². The van der Waals surface area contributed by atoms with E-state index in [1.165, 1.54) is 6.42 Å². The number of nitrogens with zero attached hydrogens (tertiary/aromatic N) is 2. The number of amides is 2. The van der Waals surface area contributed by atoms with Crippen molar-refractivity contribution in [2.24, 2.45) is 5.84 Å². The zero-order valence-electron chi connectivity index (χ0n) is 10.8. The number of unbranched alkanes of at least 4 members (excludes halogenated alkanes) is 2. The molecule has 0 unspecified atom stereocenters. The fraction of sp³-hybridized carbons (Fsp3) is 0.833. The molecular formula is C12H23N3O3. The topological polar surface area (TPSA) is 86.9 Å². The van der Waals surface area contributed by atoms with E-state index >= 15 is 0 Å². The van der Waals surface area contributed by atoms with E-state index in [2.05, 4.69) is 0 Å². The minimum atomic E-state index is -1.11. The monoisotopic (exact) mass is 257 g/mol. The summed E-state index contributed by atoms with van der Waals surface area (Å²) >= 11 is 0. The van der Waals surface area contributed by atoms with Gasteiger partial charge in [0.25, 0.3) is 0 Å². The smallest absolute Gasteiger partial charge is 0.421 e. The molecule has 0 atom stereocenters. The molecule has 6 nitrogen and oxygen atoms in total. The van der Waals surface area contributed by atoms with Crippen LogP contribution in [0.1, 0.15) is 44.9 Å². The third-order valence-electron chi connectivity index (χ3n) is 3.24. The summed E-state index contributed by atoms with van der Waals surface area (Å²) < 4.78 is 0. The number of hydrogen-bond donors (Lipinski definition) is 2. The molecule has 6 heteroatoms. The first-order valence-corrected chi connectivity index (χ1v) is 6.64. The number of carbonyl (C=O) groups excluding carboxylic acids is 1. The quantitative estimate of drug-likeness (QED) is 0.326. The average molecular weight is 257 g/mol. The number of rotatable bonds is 6. The normalized spacial score (nSPS) is 15.5. The van der Waals surface area contributed by atoms with Gasteiger partial charge in [0, 0.05) is 26.1 Å². The molecule has 0 radical (unpaired) electrons. The van der Waals surface area contributed by atoms with Gasteiger partial charge in [0.15, 0.2) is 0 Å². The molecule has 1 fully saturated rings. The molecule has 2 amide bonds. The lowest BCUT2D eigenvalue weighted by atomic mass is 10.1. The number of nitrogens with two attached hydrogens (primary N) is 1. The van der Waals surface area contributed by atoms with Gasteiger partial charge in [0.05, 0.1) is 0 Å². The number of likely N-dealkylation sites (tertiary alicyclic amines) is 1. The number of hydrogen-bond acceptors (Lipinski definition) is 3. The van der Waals surface area contributed by atoms with Gasteiger partial charge in [-0.15, -0.1) is 0 Å². The summed E-state index contributed by atoms with van der Waals surface area (Å²) in [5.41, 5.74) is 0. The van der Waals surface area contributed by atoms with Crippen LogP contribution in [0.2, 0.25) is 0 Å². The van der Waals surface area contributed by atoms with Gasteiger partial charge in [-0.2, -0.15) is 0 Å². The predicted molar refractivity (Wildman–Crippen MR) is 67.8 cm³/mol. The fourth-order valence-electron chi connectivity index (χ4n) is 2.13. The van der Waals surface area contributed by atoms with Crippen LogP contribution in [0.15, 0.2) is 0 Å². The van der Waals surface area contributed by atoms with Crippen molar-refractivity contribution in [3.8, 4) is 0 Å². The first-order chi connectivity index (χ1) is 8.61. The van der Waals surface area contributed by atoms with Crippen molar-refractivity contribution in [3.05, 3.63) is 0 Å². The Labute approximate surface area is 108 Å². The van der Waals surface area contributed by atoms with Crippen LogP contribution in [-0.4, -0.2) is 46.7 Å². The fourth-order valence-corrected chi connectivity index (χ4v) is 2.13. The summed E-state index contributed by atoms with van der Waals surface area (Å²) in [4.78, 5) is 24.2. The van der Waals surface area contributed by atoms with Crippen LogP contribution in [0, 0.1) is 0 Å². The molecule has 0 spiro atoms. The van der Waals surface area contributed by atoms with Crippen molar-refractivity contribution in [1.82, 2.24) is 9.91 Å². The van der Waals surface area contributed by atoms with Crippen LogP contribution in [-0.2, 0) is 4.79 Å². The van der Waals surface area contributed by atoms with Crippen molar-refractivity contribution in [1.29, 1.82) is 0 Å². The molecule has 104 valence electrons. The molecule has 1 aliphatic rings. The molecule has 0 bridgehead atoms. The van der Waals surface area contributed by atoms with E-state index in [1.807, 2.05) is 4.90 Å². The van der Waals surface area contributed by atoms with Crippen molar-refractivity contribution in [2.75, 3.05) is 19.6 Å². The molecule has 1 heterocycles. The number of carboxylic acid groups (broad SMARTS) is 1. The van der Waals surface area contributed by atoms with Crippen molar-refractivity contribution < 1.29 is 14.7 Å². The molecule has 0 aromatic carbocycles. The van der Waals surface area contributed by atoms with E-state index in [0.717, 1.165) is 43.8 Å². The molecule has 1 rings (SSSR count). The molecule has 0 saturated carbocycles. The minimum Gasteiger partial charge on any atom is -0.464 e. The highest BCUT2D eigenvalue weighted by Crippen LogP contribution is 2.11. The van der Waals surface area contributed by atoms with Gasteiger partial charge >= 0.3 is 6.09 Å². The molecule has 0 aliphatic carbocycles. The van der Waals surface area contributed by atoms with Gasteiger partial charge < -0.3 is 10.0 Å².